The number of nitrogen functional groups attached to an aromatic ring is 1. The van der Waals surface area contributed by atoms with Crippen molar-refractivity contribution in [1.29, 1.82) is 0 Å². The highest BCUT2D eigenvalue weighted by atomic mass is 16.5. The summed E-state index contributed by atoms with van der Waals surface area (Å²) in [6.45, 7) is 6.05. The molecular weight excluding hydrogens is 272 g/mol. The van der Waals surface area contributed by atoms with Crippen molar-refractivity contribution in [1.82, 2.24) is 4.90 Å². The van der Waals surface area contributed by atoms with Crippen molar-refractivity contribution < 1.29 is 19.0 Å². The summed E-state index contributed by atoms with van der Waals surface area (Å²) < 4.78 is 15.7. The van der Waals surface area contributed by atoms with Crippen LogP contribution in [0.1, 0.15) is 24.2 Å². The summed E-state index contributed by atoms with van der Waals surface area (Å²) in [5, 5.41) is 0. The number of benzene rings is 1. The van der Waals surface area contributed by atoms with Gasteiger partial charge in [0.1, 0.15) is 11.5 Å². The molecule has 118 valence electrons. The molecule has 0 heterocycles. The van der Waals surface area contributed by atoms with Crippen LogP contribution >= 0.6 is 0 Å². The first-order valence-corrected chi connectivity index (χ1v) is 6.97. The largest absolute Gasteiger partial charge is 0.497 e. The maximum atomic E-state index is 12.6. The third-order valence-electron chi connectivity index (χ3n) is 3.18. The highest BCUT2D eigenvalue weighted by Crippen LogP contribution is 2.31. The Morgan fingerprint density at radius 1 is 1.24 bits per heavy atom. The lowest BCUT2D eigenvalue weighted by atomic mass is 10.1. The van der Waals surface area contributed by atoms with Gasteiger partial charge in [0.05, 0.1) is 32.1 Å². The van der Waals surface area contributed by atoms with Crippen molar-refractivity contribution in [3.63, 3.8) is 0 Å². The minimum atomic E-state index is -0.160. The second-order valence-corrected chi connectivity index (χ2v) is 4.37. The number of nitrogens with zero attached hydrogens (tertiary/aromatic N) is 1. The molecule has 21 heavy (non-hydrogen) atoms. The Balaban J connectivity index is 3.03. The molecule has 1 rings (SSSR count). The summed E-state index contributed by atoms with van der Waals surface area (Å²) in [6, 6.07) is 3.28. The minimum Gasteiger partial charge on any atom is -0.497 e. The molecule has 6 heteroatoms. The van der Waals surface area contributed by atoms with Crippen molar-refractivity contribution in [2.45, 2.75) is 13.8 Å². The van der Waals surface area contributed by atoms with Crippen LogP contribution in [-0.4, -0.2) is 51.3 Å². The molecule has 0 aliphatic rings. The smallest absolute Gasteiger partial charge is 0.256 e. The second-order valence-electron chi connectivity index (χ2n) is 4.37. The van der Waals surface area contributed by atoms with Crippen LogP contribution in [0.4, 0.5) is 5.69 Å². The van der Waals surface area contributed by atoms with Crippen molar-refractivity contribution in [3.05, 3.63) is 17.7 Å². The van der Waals surface area contributed by atoms with Gasteiger partial charge in [-0.15, -0.1) is 0 Å². The molecule has 0 saturated carbocycles. The van der Waals surface area contributed by atoms with Gasteiger partial charge in [0.25, 0.3) is 5.91 Å². The zero-order valence-corrected chi connectivity index (χ0v) is 13.1. The summed E-state index contributed by atoms with van der Waals surface area (Å²) in [5.41, 5.74) is 6.70. The zero-order chi connectivity index (χ0) is 15.8. The molecule has 0 atom stereocenters. The number of amides is 1. The Hall–Kier alpha value is -1.95. The number of hydrogen-bond acceptors (Lipinski definition) is 5. The number of hydrogen-bond donors (Lipinski definition) is 1. The van der Waals surface area contributed by atoms with E-state index in [-0.39, 0.29) is 5.91 Å². The molecule has 0 unspecified atom stereocenters. The quantitative estimate of drug-likeness (QED) is 0.585. The number of likely N-dealkylation sites (N-methyl/N-ethyl adjacent to an activating group) is 1. The molecule has 0 fully saturated rings. The molecule has 0 saturated heterocycles. The molecule has 1 aromatic carbocycles. The van der Waals surface area contributed by atoms with E-state index in [1.54, 1.807) is 17.0 Å². The zero-order valence-electron chi connectivity index (χ0n) is 13.1. The van der Waals surface area contributed by atoms with Gasteiger partial charge in [-0.05, 0) is 19.9 Å². The van der Waals surface area contributed by atoms with Gasteiger partial charge in [0.2, 0.25) is 0 Å². The van der Waals surface area contributed by atoms with Crippen LogP contribution in [-0.2, 0) is 4.74 Å². The molecule has 0 spiro atoms. The first kappa shape index (κ1) is 17.1. The van der Waals surface area contributed by atoms with Gasteiger partial charge in [0.15, 0.2) is 0 Å². The maximum absolute atomic E-state index is 12.6. The van der Waals surface area contributed by atoms with Crippen LogP contribution in [0.3, 0.4) is 0 Å². The standard InChI is InChI=1S/C15H24N2O4/c1-5-17(7-8-21-6-2)15(18)12-9-11(19-3)10-13(20-4)14(12)16/h9-10H,5-8,16H2,1-4H3. The van der Waals surface area contributed by atoms with E-state index >= 15 is 0 Å². The van der Waals surface area contributed by atoms with Gasteiger partial charge in [-0.2, -0.15) is 0 Å². The van der Waals surface area contributed by atoms with E-state index in [1.807, 2.05) is 13.8 Å². The Morgan fingerprint density at radius 2 is 1.95 bits per heavy atom. The molecule has 0 radical (unpaired) electrons. The molecular formula is C15H24N2O4. The third kappa shape index (κ3) is 4.26. The first-order valence-electron chi connectivity index (χ1n) is 6.97. The number of methoxy groups -OCH3 is 2. The average molecular weight is 296 g/mol. The monoisotopic (exact) mass is 296 g/mol. The van der Waals surface area contributed by atoms with Gasteiger partial charge in [-0.1, -0.05) is 0 Å². The van der Waals surface area contributed by atoms with Crippen molar-refractivity contribution in [2.24, 2.45) is 0 Å². The van der Waals surface area contributed by atoms with Crippen LogP contribution in [0.5, 0.6) is 11.5 Å². The fraction of sp³-hybridized carbons (Fsp3) is 0.533. The van der Waals surface area contributed by atoms with Crippen LogP contribution in [0, 0.1) is 0 Å². The number of nitrogens with two attached hydrogens (primary N) is 1. The summed E-state index contributed by atoms with van der Waals surface area (Å²) in [5.74, 6) is 0.802. The summed E-state index contributed by atoms with van der Waals surface area (Å²) in [4.78, 5) is 14.3. The van der Waals surface area contributed by atoms with Gasteiger partial charge >= 0.3 is 0 Å². The van der Waals surface area contributed by atoms with Crippen LogP contribution in [0.25, 0.3) is 0 Å². The first-order chi connectivity index (χ1) is 10.1. The predicted molar refractivity (Wildman–Crippen MR) is 82.0 cm³/mol. The normalized spacial score (nSPS) is 10.3. The molecule has 0 aliphatic carbocycles. The van der Waals surface area contributed by atoms with Crippen molar-refractivity contribution in [2.75, 3.05) is 46.3 Å². The lowest BCUT2D eigenvalue weighted by Crippen LogP contribution is -2.34. The van der Waals surface area contributed by atoms with E-state index in [9.17, 15) is 4.79 Å². The number of carbonyl (C=O) groups is 1. The summed E-state index contributed by atoms with van der Waals surface area (Å²) in [6.07, 6.45) is 0. The van der Waals surface area contributed by atoms with E-state index in [4.69, 9.17) is 19.9 Å². The molecule has 0 bridgehead atoms. The van der Waals surface area contributed by atoms with E-state index in [2.05, 4.69) is 0 Å². The predicted octanol–water partition coefficient (Wildman–Crippen LogP) is 1.78. The minimum absolute atomic E-state index is 0.160. The number of carbonyl (C=O) groups excluding carboxylic acids is 1. The Morgan fingerprint density at radius 3 is 2.48 bits per heavy atom. The highest BCUT2D eigenvalue weighted by molar-refractivity contribution is 6.01. The average Bonchev–Trinajstić information content (AvgIpc) is 2.51. The SMILES string of the molecule is CCOCCN(CC)C(=O)c1cc(OC)cc(OC)c1N. The summed E-state index contributed by atoms with van der Waals surface area (Å²) in [7, 11) is 3.04. The lowest BCUT2D eigenvalue weighted by molar-refractivity contribution is 0.0669. The van der Waals surface area contributed by atoms with E-state index < -0.39 is 0 Å². The molecule has 0 aliphatic heterocycles. The third-order valence-corrected chi connectivity index (χ3v) is 3.18. The van der Waals surface area contributed by atoms with Gasteiger partial charge in [-0.25, -0.2) is 0 Å². The summed E-state index contributed by atoms with van der Waals surface area (Å²) >= 11 is 0. The molecule has 6 nitrogen and oxygen atoms in total. The van der Waals surface area contributed by atoms with Gasteiger partial charge in [0, 0.05) is 25.8 Å². The Kier molecular flexibility index (Phi) is 6.81. The molecule has 2 N–H and O–H groups in total. The molecule has 1 amide bonds. The van der Waals surface area contributed by atoms with E-state index in [0.717, 1.165) is 0 Å². The van der Waals surface area contributed by atoms with Crippen molar-refractivity contribution in [3.8, 4) is 11.5 Å². The second kappa shape index (κ2) is 8.36. The van der Waals surface area contributed by atoms with Crippen LogP contribution < -0.4 is 15.2 Å². The Labute approximate surface area is 125 Å². The van der Waals surface area contributed by atoms with Crippen molar-refractivity contribution >= 4 is 11.6 Å². The number of anilines is 1. The van der Waals surface area contributed by atoms with Gasteiger partial charge < -0.3 is 24.8 Å². The van der Waals surface area contributed by atoms with E-state index in [1.165, 1.54) is 14.2 Å². The van der Waals surface area contributed by atoms with Crippen LogP contribution in [0.15, 0.2) is 12.1 Å². The fourth-order valence-electron chi connectivity index (χ4n) is 1.96. The van der Waals surface area contributed by atoms with E-state index in [0.29, 0.717) is 49.1 Å². The Bertz CT molecular complexity index is 477. The number of rotatable bonds is 8. The van der Waals surface area contributed by atoms with Crippen LogP contribution in [0.2, 0.25) is 0 Å². The lowest BCUT2D eigenvalue weighted by Gasteiger charge is -2.22. The topological polar surface area (TPSA) is 74.0 Å². The highest BCUT2D eigenvalue weighted by Gasteiger charge is 2.20. The maximum Gasteiger partial charge on any atom is 0.256 e. The number of ether oxygens (including phenoxy) is 3. The molecule has 0 aromatic heterocycles. The molecule has 1 aromatic rings. The fourth-order valence-corrected chi connectivity index (χ4v) is 1.96. The van der Waals surface area contributed by atoms with Gasteiger partial charge in [-0.3, -0.25) is 4.79 Å².